The highest BCUT2D eigenvalue weighted by Crippen LogP contribution is 2.29. The molecule has 1 amide bonds. The quantitative estimate of drug-likeness (QED) is 0.873. The Morgan fingerprint density at radius 2 is 1.86 bits per heavy atom. The summed E-state index contributed by atoms with van der Waals surface area (Å²) in [6.07, 6.45) is 6.47. The van der Waals surface area contributed by atoms with E-state index in [-0.39, 0.29) is 5.91 Å². The maximum absolute atomic E-state index is 13.1. The average molecular weight is 379 g/mol. The number of aromatic nitrogens is 2. The van der Waals surface area contributed by atoms with E-state index in [1.54, 1.807) is 0 Å². The van der Waals surface area contributed by atoms with Crippen LogP contribution < -0.4 is 0 Å². The Labute approximate surface area is 167 Å². The van der Waals surface area contributed by atoms with Gasteiger partial charge in [-0.15, -0.1) is 0 Å². The maximum Gasteiger partial charge on any atom is 0.274 e. The fourth-order valence-corrected chi connectivity index (χ4v) is 5.26. The van der Waals surface area contributed by atoms with Gasteiger partial charge < -0.3 is 4.90 Å². The van der Waals surface area contributed by atoms with Crippen LogP contribution in [0, 0.1) is 5.92 Å². The van der Waals surface area contributed by atoms with Crippen LogP contribution in [0.15, 0.2) is 24.3 Å². The first kappa shape index (κ1) is 17.9. The van der Waals surface area contributed by atoms with Crippen LogP contribution >= 0.6 is 0 Å². The Kier molecular flexibility index (Phi) is 4.71. The number of hydrogen-bond donors (Lipinski definition) is 1. The van der Waals surface area contributed by atoms with E-state index in [9.17, 15) is 4.79 Å². The number of nitrogens with zero attached hydrogens (tertiary/aromatic N) is 3. The molecule has 0 spiro atoms. The summed E-state index contributed by atoms with van der Waals surface area (Å²) in [5.74, 6) is 0.776. The predicted octanol–water partition coefficient (Wildman–Crippen LogP) is 3.20. The summed E-state index contributed by atoms with van der Waals surface area (Å²) < 4.78 is 0. The van der Waals surface area contributed by atoms with Crippen LogP contribution in [0.2, 0.25) is 0 Å². The molecule has 5 rings (SSSR count). The molecule has 28 heavy (non-hydrogen) atoms. The van der Waals surface area contributed by atoms with Gasteiger partial charge in [0.25, 0.3) is 5.91 Å². The van der Waals surface area contributed by atoms with Crippen molar-refractivity contribution >= 4 is 5.91 Å². The Bertz CT molecular complexity index is 865. The molecule has 2 aromatic rings. The molecule has 3 aliphatic rings. The van der Waals surface area contributed by atoms with E-state index in [0.717, 1.165) is 58.3 Å². The number of likely N-dealkylation sites (tertiary alicyclic amines) is 1. The van der Waals surface area contributed by atoms with Gasteiger partial charge >= 0.3 is 0 Å². The molecular weight excluding hydrogens is 348 g/mol. The summed E-state index contributed by atoms with van der Waals surface area (Å²) >= 11 is 0. The minimum atomic E-state index is 0.133. The SMILES string of the molecule is C[C@H]1CCc2[nH]nc(C(=O)N3CCC(N4CCc5ccccc5C4)CC3)c2C1. The highest BCUT2D eigenvalue weighted by molar-refractivity contribution is 5.94. The molecule has 1 atom stereocenters. The molecule has 2 aliphatic heterocycles. The van der Waals surface area contributed by atoms with Gasteiger partial charge in [0.15, 0.2) is 5.69 Å². The molecule has 148 valence electrons. The number of carbonyl (C=O) groups excluding carboxylic acids is 1. The molecular formula is C23H30N4O. The number of amides is 1. The molecule has 1 fully saturated rings. The number of aromatic amines is 1. The lowest BCUT2D eigenvalue weighted by Gasteiger charge is -2.40. The van der Waals surface area contributed by atoms with E-state index >= 15 is 0 Å². The van der Waals surface area contributed by atoms with Crippen LogP contribution in [0.3, 0.4) is 0 Å². The minimum Gasteiger partial charge on any atom is -0.337 e. The molecule has 0 unspecified atom stereocenters. The Morgan fingerprint density at radius 3 is 2.68 bits per heavy atom. The molecule has 1 saturated heterocycles. The number of hydrogen-bond acceptors (Lipinski definition) is 3. The number of benzene rings is 1. The molecule has 1 aromatic heterocycles. The second kappa shape index (κ2) is 7.36. The lowest BCUT2D eigenvalue weighted by molar-refractivity contribution is 0.0593. The monoisotopic (exact) mass is 378 g/mol. The van der Waals surface area contributed by atoms with Crippen molar-refractivity contribution in [1.29, 1.82) is 0 Å². The summed E-state index contributed by atoms with van der Waals surface area (Å²) in [6.45, 7) is 6.16. The van der Waals surface area contributed by atoms with Gasteiger partial charge in [-0.05, 0) is 55.6 Å². The van der Waals surface area contributed by atoms with Gasteiger partial charge in [-0.3, -0.25) is 14.8 Å². The number of H-pyrrole nitrogens is 1. The number of carbonyl (C=O) groups is 1. The van der Waals surface area contributed by atoms with Gasteiger partial charge in [0.05, 0.1) is 0 Å². The molecule has 0 bridgehead atoms. The zero-order valence-electron chi connectivity index (χ0n) is 16.8. The summed E-state index contributed by atoms with van der Waals surface area (Å²) in [5.41, 5.74) is 6.03. The topological polar surface area (TPSA) is 52.2 Å². The van der Waals surface area contributed by atoms with Crippen molar-refractivity contribution in [3.63, 3.8) is 0 Å². The van der Waals surface area contributed by atoms with Crippen molar-refractivity contribution in [3.8, 4) is 0 Å². The van der Waals surface area contributed by atoms with Crippen molar-refractivity contribution in [2.24, 2.45) is 5.92 Å². The van der Waals surface area contributed by atoms with Crippen LogP contribution in [0.25, 0.3) is 0 Å². The normalized spacial score (nSPS) is 23.3. The van der Waals surface area contributed by atoms with Crippen molar-refractivity contribution in [2.45, 2.75) is 58.0 Å². The van der Waals surface area contributed by atoms with Crippen molar-refractivity contribution < 1.29 is 4.79 Å². The minimum absolute atomic E-state index is 0.133. The number of nitrogens with one attached hydrogen (secondary N) is 1. The fraction of sp³-hybridized carbons (Fsp3) is 0.565. The van der Waals surface area contributed by atoms with Crippen LogP contribution in [0.4, 0.5) is 0 Å². The van der Waals surface area contributed by atoms with Gasteiger partial charge in [-0.25, -0.2) is 0 Å². The zero-order valence-corrected chi connectivity index (χ0v) is 16.8. The van der Waals surface area contributed by atoms with E-state index in [2.05, 4.69) is 46.3 Å². The van der Waals surface area contributed by atoms with E-state index in [0.29, 0.717) is 17.7 Å². The van der Waals surface area contributed by atoms with Crippen LogP contribution in [0.5, 0.6) is 0 Å². The summed E-state index contributed by atoms with van der Waals surface area (Å²) in [6, 6.07) is 9.41. The highest BCUT2D eigenvalue weighted by atomic mass is 16.2. The summed E-state index contributed by atoms with van der Waals surface area (Å²) in [7, 11) is 0. The third-order valence-corrected chi connectivity index (χ3v) is 7.02. The van der Waals surface area contributed by atoms with E-state index in [1.165, 1.54) is 28.8 Å². The fourth-order valence-electron chi connectivity index (χ4n) is 5.26. The molecule has 1 N–H and O–H groups in total. The Balaban J connectivity index is 1.22. The highest BCUT2D eigenvalue weighted by Gasteiger charge is 2.32. The van der Waals surface area contributed by atoms with Gasteiger partial charge in [0.2, 0.25) is 0 Å². The molecule has 0 radical (unpaired) electrons. The third-order valence-electron chi connectivity index (χ3n) is 7.02. The largest absolute Gasteiger partial charge is 0.337 e. The van der Waals surface area contributed by atoms with Crippen molar-refractivity contribution in [1.82, 2.24) is 20.0 Å². The van der Waals surface area contributed by atoms with E-state index < -0.39 is 0 Å². The zero-order chi connectivity index (χ0) is 19.1. The first-order valence-electron chi connectivity index (χ1n) is 10.8. The smallest absolute Gasteiger partial charge is 0.274 e. The lowest BCUT2D eigenvalue weighted by Crippen LogP contribution is -2.48. The van der Waals surface area contributed by atoms with Crippen molar-refractivity contribution in [2.75, 3.05) is 19.6 Å². The van der Waals surface area contributed by atoms with Gasteiger partial charge in [-0.1, -0.05) is 31.2 Å². The Morgan fingerprint density at radius 1 is 1.07 bits per heavy atom. The number of rotatable bonds is 2. The molecule has 1 aliphatic carbocycles. The van der Waals surface area contributed by atoms with Gasteiger partial charge in [0, 0.05) is 43.5 Å². The third kappa shape index (κ3) is 3.26. The molecule has 0 saturated carbocycles. The van der Waals surface area contributed by atoms with Gasteiger partial charge in [-0.2, -0.15) is 5.10 Å². The number of fused-ring (bicyclic) bond motifs is 2. The van der Waals surface area contributed by atoms with E-state index in [4.69, 9.17) is 0 Å². The lowest BCUT2D eigenvalue weighted by atomic mass is 9.87. The molecule has 3 heterocycles. The number of aryl methyl sites for hydroxylation is 1. The molecule has 5 heteroatoms. The van der Waals surface area contributed by atoms with Crippen LogP contribution in [-0.2, 0) is 25.8 Å². The summed E-state index contributed by atoms with van der Waals surface area (Å²) in [5, 5.41) is 7.55. The van der Waals surface area contributed by atoms with Crippen LogP contribution in [0.1, 0.15) is 59.1 Å². The second-order valence-electron chi connectivity index (χ2n) is 8.89. The van der Waals surface area contributed by atoms with Crippen LogP contribution in [-0.4, -0.2) is 51.6 Å². The standard InChI is InChI=1S/C23H30N4O/c1-16-6-7-21-20(14-16)22(25-24-21)23(28)26-12-9-19(10-13-26)27-11-8-17-4-2-3-5-18(17)15-27/h2-5,16,19H,6-15H2,1H3,(H,24,25)/t16-/m0/s1. The first-order valence-corrected chi connectivity index (χ1v) is 10.8. The van der Waals surface area contributed by atoms with Gasteiger partial charge in [0.1, 0.15) is 0 Å². The molecule has 5 nitrogen and oxygen atoms in total. The van der Waals surface area contributed by atoms with E-state index in [1.807, 2.05) is 4.90 Å². The average Bonchev–Trinajstić information content (AvgIpc) is 3.16. The maximum atomic E-state index is 13.1. The first-order chi connectivity index (χ1) is 13.7. The molecule has 1 aromatic carbocycles. The van der Waals surface area contributed by atoms with Crippen molar-refractivity contribution in [3.05, 3.63) is 52.3 Å². The summed E-state index contributed by atoms with van der Waals surface area (Å²) in [4.78, 5) is 17.8. The second-order valence-corrected chi connectivity index (χ2v) is 8.89. The number of piperidine rings is 1. The predicted molar refractivity (Wildman–Crippen MR) is 109 cm³/mol. The Hall–Kier alpha value is -2.14.